The monoisotopic (exact) mass is 165 g/mol. The molecule has 1 rings (SSSR count). The highest BCUT2D eigenvalue weighted by Gasteiger charge is 2.26. The van der Waals surface area contributed by atoms with Gasteiger partial charge in [0.15, 0.2) is 0 Å². The molecule has 3 atom stereocenters. The highest BCUT2D eigenvalue weighted by atomic mass is 16.3. The maximum Gasteiger partial charge on any atom is 0.143 e. The predicted octanol–water partition coefficient (Wildman–Crippen LogP) is 1.86. The van der Waals surface area contributed by atoms with Crippen LogP contribution in [0.25, 0.3) is 0 Å². The van der Waals surface area contributed by atoms with Crippen LogP contribution in [-0.4, -0.2) is 11.2 Å². The average molecular weight is 165 g/mol. The van der Waals surface area contributed by atoms with E-state index >= 15 is 0 Å². The zero-order valence-corrected chi connectivity index (χ0v) is 7.40. The Bertz CT molecular complexity index is 204. The van der Waals surface area contributed by atoms with Crippen molar-refractivity contribution in [2.75, 3.05) is 0 Å². The van der Waals surface area contributed by atoms with E-state index in [0.717, 1.165) is 19.3 Å². The van der Waals surface area contributed by atoms with Crippen LogP contribution in [0.5, 0.6) is 0 Å². The van der Waals surface area contributed by atoms with Crippen LogP contribution < -0.4 is 0 Å². The molecular weight excluding hydrogens is 150 g/mol. The van der Waals surface area contributed by atoms with Gasteiger partial charge in [0.1, 0.15) is 6.10 Å². The first kappa shape index (κ1) is 9.28. The van der Waals surface area contributed by atoms with E-state index in [1.807, 2.05) is 6.07 Å². The first-order valence-electron chi connectivity index (χ1n) is 4.54. The first-order valence-corrected chi connectivity index (χ1v) is 4.54. The van der Waals surface area contributed by atoms with Gasteiger partial charge >= 0.3 is 0 Å². The number of nitrogens with zero attached hydrogens (tertiary/aromatic N) is 1. The number of aliphatic hydroxyl groups is 1. The van der Waals surface area contributed by atoms with Gasteiger partial charge in [-0.3, -0.25) is 0 Å². The number of hydrogen-bond donors (Lipinski definition) is 1. The van der Waals surface area contributed by atoms with Crippen molar-refractivity contribution < 1.29 is 5.11 Å². The molecule has 0 aromatic heterocycles. The molecule has 2 nitrogen and oxygen atoms in total. The molecule has 0 fully saturated rings. The molecule has 0 amide bonds. The van der Waals surface area contributed by atoms with Crippen LogP contribution in [0.4, 0.5) is 0 Å². The van der Waals surface area contributed by atoms with Gasteiger partial charge < -0.3 is 5.11 Å². The molecule has 2 heteroatoms. The normalized spacial score (nSPS) is 31.1. The number of aliphatic hydroxyl groups excluding tert-OH is 1. The van der Waals surface area contributed by atoms with E-state index in [0.29, 0.717) is 5.92 Å². The fourth-order valence-electron chi connectivity index (χ4n) is 1.84. The molecule has 3 unspecified atom stereocenters. The minimum absolute atomic E-state index is 0.157. The summed E-state index contributed by atoms with van der Waals surface area (Å²) < 4.78 is 0. The van der Waals surface area contributed by atoms with Crippen molar-refractivity contribution in [3.05, 3.63) is 12.2 Å². The first-order chi connectivity index (χ1) is 5.79. The minimum atomic E-state index is -0.778. The van der Waals surface area contributed by atoms with Gasteiger partial charge in [-0.15, -0.1) is 0 Å². The van der Waals surface area contributed by atoms with Crippen LogP contribution in [0.15, 0.2) is 12.2 Å². The molecule has 1 aliphatic carbocycles. The zero-order chi connectivity index (χ0) is 8.97. The highest BCUT2D eigenvalue weighted by molar-refractivity contribution is 5.02. The van der Waals surface area contributed by atoms with E-state index in [2.05, 4.69) is 19.1 Å². The van der Waals surface area contributed by atoms with Crippen molar-refractivity contribution >= 4 is 0 Å². The van der Waals surface area contributed by atoms with E-state index < -0.39 is 6.10 Å². The lowest BCUT2D eigenvalue weighted by atomic mass is 9.79. The standard InChI is InChI=1S/C10H15NO/c1-2-8-5-3-4-6-9(8)10(12)7-11/h3,5,8-10,12H,2,4,6H2,1H3. The van der Waals surface area contributed by atoms with E-state index in [-0.39, 0.29) is 5.92 Å². The minimum Gasteiger partial charge on any atom is -0.378 e. The molecule has 0 saturated carbocycles. The third-order valence-electron chi connectivity index (χ3n) is 2.61. The summed E-state index contributed by atoms with van der Waals surface area (Å²) in [5, 5.41) is 18.0. The molecule has 12 heavy (non-hydrogen) atoms. The van der Waals surface area contributed by atoms with Crippen LogP contribution in [-0.2, 0) is 0 Å². The van der Waals surface area contributed by atoms with Gasteiger partial charge in [0.2, 0.25) is 0 Å². The maximum atomic E-state index is 9.39. The molecule has 0 aromatic rings. The molecule has 0 aromatic carbocycles. The third-order valence-corrected chi connectivity index (χ3v) is 2.61. The number of nitriles is 1. The molecular formula is C10H15NO. The van der Waals surface area contributed by atoms with E-state index in [9.17, 15) is 5.11 Å². The average Bonchev–Trinajstić information content (AvgIpc) is 2.16. The topological polar surface area (TPSA) is 44.0 Å². The highest BCUT2D eigenvalue weighted by Crippen LogP contribution is 2.29. The van der Waals surface area contributed by atoms with Gasteiger partial charge in [0, 0.05) is 5.92 Å². The van der Waals surface area contributed by atoms with Crippen molar-refractivity contribution in [3.63, 3.8) is 0 Å². The summed E-state index contributed by atoms with van der Waals surface area (Å²) in [6.07, 6.45) is 6.47. The lowest BCUT2D eigenvalue weighted by molar-refractivity contribution is 0.120. The second-order valence-corrected chi connectivity index (χ2v) is 3.32. The largest absolute Gasteiger partial charge is 0.378 e. The molecule has 1 aliphatic rings. The van der Waals surface area contributed by atoms with Crippen molar-refractivity contribution in [1.82, 2.24) is 0 Å². The summed E-state index contributed by atoms with van der Waals surface area (Å²) in [7, 11) is 0. The lowest BCUT2D eigenvalue weighted by Crippen LogP contribution is -2.27. The molecule has 0 bridgehead atoms. The van der Waals surface area contributed by atoms with E-state index in [1.165, 1.54) is 0 Å². The fraction of sp³-hybridized carbons (Fsp3) is 0.700. The van der Waals surface area contributed by atoms with Crippen molar-refractivity contribution in [3.8, 4) is 6.07 Å². The molecule has 0 saturated heterocycles. The second kappa shape index (κ2) is 4.27. The van der Waals surface area contributed by atoms with Gasteiger partial charge in [-0.2, -0.15) is 5.26 Å². The van der Waals surface area contributed by atoms with Crippen LogP contribution >= 0.6 is 0 Å². The van der Waals surface area contributed by atoms with Crippen molar-refractivity contribution in [2.45, 2.75) is 32.3 Å². The maximum absolute atomic E-state index is 9.39. The van der Waals surface area contributed by atoms with E-state index in [4.69, 9.17) is 5.26 Å². The summed E-state index contributed by atoms with van der Waals surface area (Å²) in [4.78, 5) is 0. The lowest BCUT2D eigenvalue weighted by Gasteiger charge is -2.27. The summed E-state index contributed by atoms with van der Waals surface area (Å²) >= 11 is 0. The van der Waals surface area contributed by atoms with Crippen LogP contribution in [0.1, 0.15) is 26.2 Å². The smallest absolute Gasteiger partial charge is 0.143 e. The molecule has 66 valence electrons. The number of hydrogen-bond acceptors (Lipinski definition) is 2. The number of rotatable bonds is 2. The Hall–Kier alpha value is -0.810. The Balaban J connectivity index is 2.63. The molecule has 0 aliphatic heterocycles. The van der Waals surface area contributed by atoms with Gasteiger partial charge in [-0.1, -0.05) is 19.1 Å². The SMILES string of the molecule is CCC1C=CCCC1C(O)C#N. The summed E-state index contributed by atoms with van der Waals surface area (Å²) in [5.41, 5.74) is 0. The van der Waals surface area contributed by atoms with Crippen LogP contribution in [0.3, 0.4) is 0 Å². The molecule has 0 spiro atoms. The second-order valence-electron chi connectivity index (χ2n) is 3.32. The van der Waals surface area contributed by atoms with E-state index in [1.54, 1.807) is 0 Å². The number of allylic oxidation sites excluding steroid dienone is 2. The Morgan fingerprint density at radius 1 is 1.75 bits per heavy atom. The van der Waals surface area contributed by atoms with Crippen LogP contribution in [0.2, 0.25) is 0 Å². The summed E-state index contributed by atoms with van der Waals surface area (Å²) in [6, 6.07) is 1.92. The predicted molar refractivity (Wildman–Crippen MR) is 47.3 cm³/mol. The van der Waals surface area contributed by atoms with Crippen molar-refractivity contribution in [2.24, 2.45) is 11.8 Å². The van der Waals surface area contributed by atoms with Crippen molar-refractivity contribution in [1.29, 1.82) is 5.26 Å². The Morgan fingerprint density at radius 2 is 2.50 bits per heavy atom. The van der Waals surface area contributed by atoms with Gasteiger partial charge in [0.05, 0.1) is 6.07 Å². The van der Waals surface area contributed by atoms with Crippen LogP contribution in [0, 0.1) is 23.2 Å². The Kier molecular flexibility index (Phi) is 3.31. The Morgan fingerprint density at radius 3 is 3.08 bits per heavy atom. The fourth-order valence-corrected chi connectivity index (χ4v) is 1.84. The van der Waals surface area contributed by atoms with Gasteiger partial charge in [0.25, 0.3) is 0 Å². The summed E-state index contributed by atoms with van der Waals surface area (Å²) in [6.45, 7) is 2.09. The summed E-state index contributed by atoms with van der Waals surface area (Å²) in [5.74, 6) is 0.554. The molecule has 0 radical (unpaired) electrons. The molecule has 1 N–H and O–H groups in total. The molecule has 0 heterocycles. The third kappa shape index (κ3) is 1.86. The Labute approximate surface area is 73.5 Å². The van der Waals surface area contributed by atoms with Gasteiger partial charge in [-0.05, 0) is 25.2 Å². The zero-order valence-electron chi connectivity index (χ0n) is 7.40. The van der Waals surface area contributed by atoms with Gasteiger partial charge in [-0.25, -0.2) is 0 Å². The quantitative estimate of drug-likeness (QED) is 0.501.